The van der Waals surface area contributed by atoms with Crippen LogP contribution in [0.25, 0.3) is 10.7 Å². The van der Waals surface area contributed by atoms with Crippen LogP contribution in [-0.4, -0.2) is 39.7 Å². The molecular weight excluding hydrogens is 258 g/mol. The fourth-order valence-electron chi connectivity index (χ4n) is 1.74. The van der Waals surface area contributed by atoms with E-state index >= 15 is 0 Å². The number of hydrogen-bond acceptors (Lipinski definition) is 5. The van der Waals surface area contributed by atoms with Crippen LogP contribution in [0.15, 0.2) is 30.6 Å². The normalized spacial score (nSPS) is 12.8. The van der Waals surface area contributed by atoms with Crippen LogP contribution >= 0.6 is 11.3 Å². The van der Waals surface area contributed by atoms with Crippen molar-refractivity contribution in [3.05, 3.63) is 35.5 Å². The van der Waals surface area contributed by atoms with Gasteiger partial charge in [-0.3, -0.25) is 4.98 Å². The van der Waals surface area contributed by atoms with Gasteiger partial charge in [0, 0.05) is 30.4 Å². The van der Waals surface area contributed by atoms with E-state index in [2.05, 4.69) is 21.9 Å². The van der Waals surface area contributed by atoms with Crippen molar-refractivity contribution in [1.29, 1.82) is 0 Å². The van der Waals surface area contributed by atoms with E-state index in [4.69, 9.17) is 0 Å². The van der Waals surface area contributed by atoms with Crippen molar-refractivity contribution >= 4 is 11.3 Å². The van der Waals surface area contributed by atoms with Gasteiger partial charge in [-0.05, 0) is 32.5 Å². The highest BCUT2D eigenvalue weighted by atomic mass is 32.1. The first-order valence-electron chi connectivity index (χ1n) is 6.38. The second kappa shape index (κ2) is 6.75. The number of thiazole rings is 1. The molecule has 0 aliphatic carbocycles. The van der Waals surface area contributed by atoms with Gasteiger partial charge in [0.1, 0.15) is 5.01 Å². The summed E-state index contributed by atoms with van der Waals surface area (Å²) in [7, 11) is 2.06. The summed E-state index contributed by atoms with van der Waals surface area (Å²) in [5.41, 5.74) is 0.922. The van der Waals surface area contributed by atoms with Gasteiger partial charge in [-0.1, -0.05) is 6.07 Å². The Labute approximate surface area is 117 Å². The molecule has 1 N–H and O–H groups in total. The summed E-state index contributed by atoms with van der Waals surface area (Å²) >= 11 is 1.67. The van der Waals surface area contributed by atoms with Gasteiger partial charge >= 0.3 is 0 Å². The van der Waals surface area contributed by atoms with Gasteiger partial charge in [-0.15, -0.1) is 11.3 Å². The molecule has 2 aromatic rings. The maximum Gasteiger partial charge on any atom is 0.142 e. The number of aliphatic hydroxyl groups excluding tert-OH is 1. The third-order valence-corrected chi connectivity index (χ3v) is 3.80. The molecule has 0 saturated heterocycles. The highest BCUT2D eigenvalue weighted by Gasteiger charge is 2.08. The number of aliphatic hydroxyl groups is 1. The molecule has 102 valence electrons. The van der Waals surface area contributed by atoms with Gasteiger partial charge in [0.15, 0.2) is 0 Å². The predicted molar refractivity (Wildman–Crippen MR) is 78.0 cm³/mol. The van der Waals surface area contributed by atoms with Gasteiger partial charge in [-0.25, -0.2) is 4.98 Å². The molecule has 4 nitrogen and oxygen atoms in total. The first-order valence-corrected chi connectivity index (χ1v) is 7.19. The second-order valence-electron chi connectivity index (χ2n) is 4.72. The Morgan fingerprint density at radius 3 is 2.89 bits per heavy atom. The van der Waals surface area contributed by atoms with Gasteiger partial charge in [0.2, 0.25) is 0 Å². The molecule has 0 spiro atoms. The first kappa shape index (κ1) is 14.1. The minimum Gasteiger partial charge on any atom is -0.393 e. The van der Waals surface area contributed by atoms with Crippen LogP contribution in [0, 0.1) is 0 Å². The third kappa shape index (κ3) is 4.38. The van der Waals surface area contributed by atoms with Crippen LogP contribution in [0.3, 0.4) is 0 Å². The number of hydrogen-bond donors (Lipinski definition) is 1. The van der Waals surface area contributed by atoms with Crippen molar-refractivity contribution in [3.63, 3.8) is 0 Å². The molecule has 0 aliphatic heterocycles. The van der Waals surface area contributed by atoms with E-state index in [0.29, 0.717) is 0 Å². The van der Waals surface area contributed by atoms with Gasteiger partial charge in [0.05, 0.1) is 11.8 Å². The van der Waals surface area contributed by atoms with E-state index in [-0.39, 0.29) is 6.10 Å². The summed E-state index contributed by atoms with van der Waals surface area (Å²) in [6.07, 6.45) is 4.24. The number of rotatable bonds is 6. The van der Waals surface area contributed by atoms with Gasteiger partial charge < -0.3 is 10.0 Å². The minimum atomic E-state index is -0.243. The Hall–Kier alpha value is -1.30. The van der Waals surface area contributed by atoms with Gasteiger partial charge in [0.25, 0.3) is 0 Å². The quantitative estimate of drug-likeness (QED) is 0.881. The molecular formula is C14H19N3OS. The molecule has 0 aromatic carbocycles. The zero-order chi connectivity index (χ0) is 13.7. The summed E-state index contributed by atoms with van der Waals surface area (Å²) in [6.45, 7) is 3.56. The lowest BCUT2D eigenvalue weighted by Gasteiger charge is -2.15. The average Bonchev–Trinajstić information content (AvgIpc) is 2.86. The highest BCUT2D eigenvalue weighted by molar-refractivity contribution is 7.14. The average molecular weight is 277 g/mol. The molecule has 2 rings (SSSR count). The summed E-state index contributed by atoms with van der Waals surface area (Å²) in [4.78, 5) is 12.1. The van der Waals surface area contributed by atoms with E-state index in [0.717, 1.165) is 30.2 Å². The monoisotopic (exact) mass is 277 g/mol. The van der Waals surface area contributed by atoms with Crippen molar-refractivity contribution in [1.82, 2.24) is 14.9 Å². The lowest BCUT2D eigenvalue weighted by molar-refractivity contribution is 0.163. The molecule has 0 radical (unpaired) electrons. The molecule has 0 aliphatic rings. The second-order valence-corrected chi connectivity index (χ2v) is 5.84. The number of pyridine rings is 1. The van der Waals surface area contributed by atoms with Crippen LogP contribution in [0.4, 0.5) is 0 Å². The Kier molecular flexibility index (Phi) is 5.01. The van der Waals surface area contributed by atoms with Crippen LogP contribution < -0.4 is 0 Å². The molecule has 0 bridgehead atoms. The smallest absolute Gasteiger partial charge is 0.142 e. The topological polar surface area (TPSA) is 49.2 Å². The summed E-state index contributed by atoms with van der Waals surface area (Å²) in [5.74, 6) is 0. The zero-order valence-corrected chi connectivity index (χ0v) is 12.1. The predicted octanol–water partition coefficient (Wildman–Crippen LogP) is 2.41. The van der Waals surface area contributed by atoms with Crippen LogP contribution in [0.5, 0.6) is 0 Å². The Morgan fingerprint density at radius 2 is 2.21 bits per heavy atom. The van der Waals surface area contributed by atoms with Crippen LogP contribution in [-0.2, 0) is 6.54 Å². The molecule has 2 aromatic heterocycles. The van der Waals surface area contributed by atoms with E-state index in [1.54, 1.807) is 17.5 Å². The molecule has 5 heteroatoms. The molecule has 1 unspecified atom stereocenters. The van der Waals surface area contributed by atoms with Crippen molar-refractivity contribution in [2.24, 2.45) is 0 Å². The molecule has 2 heterocycles. The zero-order valence-electron chi connectivity index (χ0n) is 11.3. The fraction of sp³-hybridized carbons (Fsp3) is 0.429. The minimum absolute atomic E-state index is 0.243. The van der Waals surface area contributed by atoms with Crippen molar-refractivity contribution < 1.29 is 5.11 Å². The van der Waals surface area contributed by atoms with E-state index in [9.17, 15) is 5.11 Å². The van der Waals surface area contributed by atoms with Crippen molar-refractivity contribution in [2.75, 3.05) is 13.6 Å². The van der Waals surface area contributed by atoms with Crippen LogP contribution in [0.1, 0.15) is 18.2 Å². The largest absolute Gasteiger partial charge is 0.393 e. The Balaban J connectivity index is 1.94. The van der Waals surface area contributed by atoms with Crippen LogP contribution in [0.2, 0.25) is 0 Å². The number of nitrogens with zero attached hydrogens (tertiary/aromatic N) is 3. The Morgan fingerprint density at radius 1 is 1.37 bits per heavy atom. The summed E-state index contributed by atoms with van der Waals surface area (Å²) < 4.78 is 0. The van der Waals surface area contributed by atoms with Gasteiger partial charge in [-0.2, -0.15) is 0 Å². The SMILES string of the molecule is CC(O)CCN(C)Cc1cnc(-c2ccccn2)s1. The third-order valence-electron chi connectivity index (χ3n) is 2.79. The standard InChI is InChI=1S/C14H19N3OS/c1-11(18)6-8-17(2)10-12-9-16-14(19-12)13-5-3-4-7-15-13/h3-5,7,9,11,18H,6,8,10H2,1-2H3. The molecule has 0 amide bonds. The Bertz CT molecular complexity index is 498. The molecule has 0 fully saturated rings. The maximum absolute atomic E-state index is 9.28. The molecule has 1 atom stereocenters. The lowest BCUT2D eigenvalue weighted by Crippen LogP contribution is -2.21. The highest BCUT2D eigenvalue weighted by Crippen LogP contribution is 2.23. The van der Waals surface area contributed by atoms with Crippen molar-refractivity contribution in [2.45, 2.75) is 26.0 Å². The number of aromatic nitrogens is 2. The summed E-state index contributed by atoms with van der Waals surface area (Å²) in [6, 6.07) is 5.85. The molecule has 19 heavy (non-hydrogen) atoms. The summed E-state index contributed by atoms with van der Waals surface area (Å²) in [5, 5.41) is 10.2. The van der Waals surface area contributed by atoms with E-state index in [1.165, 1.54) is 4.88 Å². The van der Waals surface area contributed by atoms with E-state index < -0.39 is 0 Å². The van der Waals surface area contributed by atoms with Crippen molar-refractivity contribution in [3.8, 4) is 10.7 Å². The fourth-order valence-corrected chi connectivity index (χ4v) is 2.71. The molecule has 0 saturated carbocycles. The van der Waals surface area contributed by atoms with E-state index in [1.807, 2.05) is 31.3 Å². The maximum atomic E-state index is 9.28. The lowest BCUT2D eigenvalue weighted by atomic mass is 10.3. The first-order chi connectivity index (χ1) is 9.15.